The largest absolute Gasteiger partial charge is 0.479 e. The first kappa shape index (κ1) is 13.9. The van der Waals surface area contributed by atoms with E-state index >= 15 is 0 Å². The van der Waals surface area contributed by atoms with Crippen molar-refractivity contribution in [1.82, 2.24) is 4.90 Å². The van der Waals surface area contributed by atoms with Gasteiger partial charge in [0.25, 0.3) is 0 Å². The van der Waals surface area contributed by atoms with Crippen LogP contribution in [-0.2, 0) is 16.1 Å². The van der Waals surface area contributed by atoms with Crippen molar-refractivity contribution >= 4 is 12.1 Å². The molecule has 0 radical (unpaired) electrons. The summed E-state index contributed by atoms with van der Waals surface area (Å²) in [7, 11) is 0. The zero-order valence-corrected chi connectivity index (χ0v) is 11.8. The topological polar surface area (TPSA) is 66.8 Å². The fourth-order valence-electron chi connectivity index (χ4n) is 2.86. The molecule has 0 atom stereocenters. The van der Waals surface area contributed by atoms with Gasteiger partial charge < -0.3 is 9.84 Å². The van der Waals surface area contributed by atoms with E-state index in [4.69, 9.17) is 4.74 Å². The van der Waals surface area contributed by atoms with Gasteiger partial charge in [-0.1, -0.05) is 30.3 Å². The van der Waals surface area contributed by atoms with E-state index in [9.17, 15) is 14.7 Å². The number of amides is 1. The summed E-state index contributed by atoms with van der Waals surface area (Å²) in [4.78, 5) is 25.5. The van der Waals surface area contributed by atoms with Gasteiger partial charge in [-0.25, -0.2) is 9.59 Å². The van der Waals surface area contributed by atoms with Crippen LogP contribution in [0.15, 0.2) is 30.3 Å². The van der Waals surface area contributed by atoms with Crippen molar-refractivity contribution in [2.45, 2.75) is 50.3 Å². The van der Waals surface area contributed by atoms with Crippen molar-refractivity contribution in [1.29, 1.82) is 0 Å². The van der Waals surface area contributed by atoms with E-state index in [0.717, 1.165) is 24.8 Å². The minimum absolute atomic E-state index is 0.0321. The second kappa shape index (κ2) is 5.39. The molecule has 1 N–H and O–H groups in total. The van der Waals surface area contributed by atoms with Crippen molar-refractivity contribution in [2.24, 2.45) is 0 Å². The Bertz CT molecular complexity index is 534. The van der Waals surface area contributed by atoms with Crippen LogP contribution >= 0.6 is 0 Å². The van der Waals surface area contributed by atoms with E-state index in [1.165, 1.54) is 4.90 Å². The summed E-state index contributed by atoms with van der Waals surface area (Å²) in [5, 5.41) is 9.52. The zero-order chi connectivity index (χ0) is 14.9. The highest BCUT2D eigenvalue weighted by Crippen LogP contribution is 2.44. The highest BCUT2D eigenvalue weighted by atomic mass is 16.6. The molecule has 1 amide bonds. The minimum Gasteiger partial charge on any atom is -0.479 e. The Morgan fingerprint density at radius 1 is 1.24 bits per heavy atom. The summed E-state index contributed by atoms with van der Waals surface area (Å²) in [6, 6.07) is 9.45. The number of nitrogens with zero attached hydrogens (tertiary/aromatic N) is 1. The Balaban J connectivity index is 1.69. The van der Waals surface area contributed by atoms with Crippen molar-refractivity contribution in [3.8, 4) is 0 Å². The molecule has 0 aliphatic heterocycles. The molecule has 5 nitrogen and oxygen atoms in total. The molecule has 1 aromatic carbocycles. The van der Waals surface area contributed by atoms with E-state index in [0.29, 0.717) is 12.8 Å². The van der Waals surface area contributed by atoms with Gasteiger partial charge in [-0.2, -0.15) is 0 Å². The Morgan fingerprint density at radius 3 is 2.38 bits per heavy atom. The fraction of sp³-hybridized carbons (Fsp3) is 0.500. The second-order valence-electron chi connectivity index (χ2n) is 5.83. The van der Waals surface area contributed by atoms with Crippen LogP contribution < -0.4 is 0 Å². The Hall–Kier alpha value is -2.04. The summed E-state index contributed by atoms with van der Waals surface area (Å²) in [6.45, 7) is 0.179. The molecule has 21 heavy (non-hydrogen) atoms. The average molecular weight is 289 g/mol. The number of aliphatic carboxylic acids is 1. The zero-order valence-electron chi connectivity index (χ0n) is 11.8. The molecule has 2 saturated carbocycles. The first-order valence-corrected chi connectivity index (χ1v) is 7.37. The van der Waals surface area contributed by atoms with Crippen LogP contribution in [0.3, 0.4) is 0 Å². The maximum absolute atomic E-state index is 12.4. The Kier molecular flexibility index (Phi) is 3.57. The fourth-order valence-corrected chi connectivity index (χ4v) is 2.86. The smallest absolute Gasteiger partial charge is 0.411 e. The number of carboxylic acid groups (broad SMARTS) is 1. The molecule has 0 aromatic heterocycles. The van der Waals surface area contributed by atoms with Gasteiger partial charge in [-0.3, -0.25) is 4.90 Å². The third-order valence-corrected chi connectivity index (χ3v) is 4.35. The standard InChI is InChI=1S/C16H19NO4/c18-14(19)16(9-4-10-16)17(13-7-8-13)15(20)21-11-12-5-2-1-3-6-12/h1-3,5-6,13H,4,7-11H2,(H,18,19). The lowest BCUT2D eigenvalue weighted by Crippen LogP contribution is -2.62. The lowest BCUT2D eigenvalue weighted by Gasteiger charge is -2.46. The third-order valence-electron chi connectivity index (χ3n) is 4.35. The van der Waals surface area contributed by atoms with Gasteiger partial charge in [-0.05, 0) is 37.7 Å². The monoisotopic (exact) mass is 289 g/mol. The maximum atomic E-state index is 12.4. The SMILES string of the molecule is O=C(OCc1ccccc1)N(C1CC1)C1(C(=O)O)CCC1. The molecule has 2 fully saturated rings. The van der Waals surface area contributed by atoms with E-state index in [-0.39, 0.29) is 12.6 Å². The van der Waals surface area contributed by atoms with Crippen LogP contribution in [0.4, 0.5) is 4.79 Å². The van der Waals surface area contributed by atoms with Crippen LogP contribution in [0.25, 0.3) is 0 Å². The van der Waals surface area contributed by atoms with E-state index in [1.54, 1.807) is 0 Å². The van der Waals surface area contributed by atoms with Crippen molar-refractivity contribution < 1.29 is 19.4 Å². The van der Waals surface area contributed by atoms with Crippen molar-refractivity contribution in [3.63, 3.8) is 0 Å². The molecule has 0 heterocycles. The Morgan fingerprint density at radius 2 is 1.90 bits per heavy atom. The molecule has 112 valence electrons. The molecular weight excluding hydrogens is 270 g/mol. The number of carbonyl (C=O) groups is 2. The third kappa shape index (κ3) is 2.60. The highest BCUT2D eigenvalue weighted by molar-refractivity contribution is 5.86. The van der Waals surface area contributed by atoms with Gasteiger partial charge >= 0.3 is 12.1 Å². The second-order valence-corrected chi connectivity index (χ2v) is 5.83. The van der Waals surface area contributed by atoms with Crippen molar-refractivity contribution in [3.05, 3.63) is 35.9 Å². The minimum atomic E-state index is -1.03. The van der Waals surface area contributed by atoms with Gasteiger partial charge in [0.2, 0.25) is 0 Å². The van der Waals surface area contributed by atoms with Gasteiger partial charge in [0.1, 0.15) is 12.1 Å². The molecule has 5 heteroatoms. The predicted molar refractivity (Wildman–Crippen MR) is 75.7 cm³/mol. The quantitative estimate of drug-likeness (QED) is 0.905. The van der Waals surface area contributed by atoms with Gasteiger partial charge in [-0.15, -0.1) is 0 Å². The molecule has 0 spiro atoms. The van der Waals surface area contributed by atoms with Crippen LogP contribution in [0.2, 0.25) is 0 Å². The number of hydrogen-bond donors (Lipinski definition) is 1. The molecular formula is C16H19NO4. The summed E-state index contributed by atoms with van der Waals surface area (Å²) < 4.78 is 5.35. The number of carbonyl (C=O) groups excluding carboxylic acids is 1. The molecule has 0 saturated heterocycles. The Labute approximate surface area is 123 Å². The first-order valence-electron chi connectivity index (χ1n) is 7.37. The number of rotatable bonds is 5. The lowest BCUT2D eigenvalue weighted by atomic mass is 9.75. The molecule has 3 rings (SSSR count). The van der Waals surface area contributed by atoms with Gasteiger partial charge in [0, 0.05) is 6.04 Å². The number of ether oxygens (including phenoxy) is 1. The normalized spacial score (nSPS) is 19.4. The van der Waals surface area contributed by atoms with E-state index in [2.05, 4.69) is 0 Å². The summed E-state index contributed by atoms with van der Waals surface area (Å²) in [5.41, 5.74) is -0.130. The van der Waals surface area contributed by atoms with Gasteiger partial charge in [0.05, 0.1) is 0 Å². The molecule has 1 aromatic rings. The number of benzene rings is 1. The van der Waals surface area contributed by atoms with E-state index < -0.39 is 17.6 Å². The van der Waals surface area contributed by atoms with Crippen LogP contribution in [-0.4, -0.2) is 33.6 Å². The van der Waals surface area contributed by atoms with Gasteiger partial charge in [0.15, 0.2) is 0 Å². The van der Waals surface area contributed by atoms with E-state index in [1.807, 2.05) is 30.3 Å². The summed E-state index contributed by atoms with van der Waals surface area (Å²) in [6.07, 6.45) is 3.15. The molecule has 2 aliphatic rings. The number of carboxylic acids is 1. The maximum Gasteiger partial charge on any atom is 0.411 e. The molecule has 0 unspecified atom stereocenters. The number of hydrogen-bond acceptors (Lipinski definition) is 3. The summed E-state index contributed by atoms with van der Waals surface area (Å²) >= 11 is 0. The molecule has 0 bridgehead atoms. The summed E-state index contributed by atoms with van der Waals surface area (Å²) in [5.74, 6) is -0.905. The van der Waals surface area contributed by atoms with Crippen LogP contribution in [0.5, 0.6) is 0 Å². The van der Waals surface area contributed by atoms with Crippen LogP contribution in [0.1, 0.15) is 37.7 Å². The lowest BCUT2D eigenvalue weighted by molar-refractivity contribution is -0.157. The van der Waals surface area contributed by atoms with Crippen molar-refractivity contribution in [2.75, 3.05) is 0 Å². The molecule has 2 aliphatic carbocycles. The highest BCUT2D eigenvalue weighted by Gasteiger charge is 2.56. The first-order chi connectivity index (χ1) is 10.1. The van der Waals surface area contributed by atoms with Crippen LogP contribution in [0, 0.1) is 0 Å². The average Bonchev–Trinajstić information content (AvgIpc) is 3.25. The predicted octanol–water partition coefficient (Wildman–Crippen LogP) is 2.79.